The number of benzene rings is 7. The fraction of sp³-hybridized carbons (Fsp3) is 0. The number of rotatable bonds is 8. The Kier molecular flexibility index (Phi) is 9.20. The molecule has 0 aliphatic rings. The zero-order valence-electron chi connectivity index (χ0n) is 30.8. The van der Waals surface area contributed by atoms with E-state index in [4.69, 9.17) is 11.5 Å². The molecular formula is C52H40N4+2. The van der Waals surface area contributed by atoms with Gasteiger partial charge in [-0.25, -0.2) is 0 Å². The summed E-state index contributed by atoms with van der Waals surface area (Å²) in [6.07, 6.45) is 0. The smallest absolute Gasteiger partial charge is 0.219 e. The molecule has 4 nitrogen and oxygen atoms in total. The van der Waals surface area contributed by atoms with Gasteiger partial charge >= 0.3 is 0 Å². The van der Waals surface area contributed by atoms with Crippen LogP contribution in [0.5, 0.6) is 0 Å². The minimum atomic E-state index is 0.735. The summed E-state index contributed by atoms with van der Waals surface area (Å²) in [7, 11) is 0. The first-order chi connectivity index (χ1) is 27.6. The van der Waals surface area contributed by atoms with Crippen LogP contribution in [0.2, 0.25) is 0 Å². The van der Waals surface area contributed by atoms with Crippen LogP contribution in [-0.2, 0) is 0 Å². The topological polar surface area (TPSA) is 59.8 Å². The summed E-state index contributed by atoms with van der Waals surface area (Å²) in [6, 6.07) is 76.7. The summed E-state index contributed by atoms with van der Waals surface area (Å²) in [6.45, 7) is 0. The molecule has 56 heavy (non-hydrogen) atoms. The molecule has 0 aliphatic heterocycles. The maximum absolute atomic E-state index is 6.16. The molecule has 9 rings (SSSR count). The molecule has 0 fully saturated rings. The maximum Gasteiger partial charge on any atom is 0.219 e. The summed E-state index contributed by atoms with van der Waals surface area (Å²) < 4.78 is 4.66. The van der Waals surface area contributed by atoms with Crippen molar-refractivity contribution in [1.29, 1.82) is 0 Å². The third kappa shape index (κ3) is 6.84. The van der Waals surface area contributed by atoms with Crippen LogP contribution in [0.1, 0.15) is 0 Å². The first-order valence-corrected chi connectivity index (χ1v) is 18.8. The number of nitrogens with two attached hydrogens (primary N) is 2. The molecule has 0 amide bonds. The predicted molar refractivity (Wildman–Crippen MR) is 231 cm³/mol. The highest BCUT2D eigenvalue weighted by molar-refractivity contribution is 5.79. The van der Waals surface area contributed by atoms with Crippen molar-refractivity contribution in [3.63, 3.8) is 0 Å². The molecule has 0 spiro atoms. The van der Waals surface area contributed by atoms with Gasteiger partial charge < -0.3 is 11.5 Å². The van der Waals surface area contributed by atoms with E-state index < -0.39 is 0 Å². The van der Waals surface area contributed by atoms with E-state index in [1.165, 1.54) is 0 Å². The van der Waals surface area contributed by atoms with Crippen molar-refractivity contribution in [3.05, 3.63) is 218 Å². The van der Waals surface area contributed by atoms with E-state index in [9.17, 15) is 0 Å². The van der Waals surface area contributed by atoms with E-state index in [2.05, 4.69) is 203 Å². The lowest BCUT2D eigenvalue weighted by atomic mass is 9.95. The lowest BCUT2D eigenvalue weighted by Gasteiger charge is -2.14. The van der Waals surface area contributed by atoms with Gasteiger partial charge in [-0.2, -0.15) is 9.13 Å². The molecule has 266 valence electrons. The highest BCUT2D eigenvalue weighted by Gasteiger charge is 2.27. The number of hydrogen-bond donors (Lipinski definition) is 2. The summed E-state index contributed by atoms with van der Waals surface area (Å²) in [5.41, 5.74) is 29.3. The van der Waals surface area contributed by atoms with Crippen LogP contribution in [0, 0.1) is 0 Å². The van der Waals surface area contributed by atoms with Gasteiger partial charge in [0.1, 0.15) is 0 Å². The lowest BCUT2D eigenvalue weighted by Crippen LogP contribution is -2.36. The Morgan fingerprint density at radius 1 is 0.232 bits per heavy atom. The Bertz CT molecular complexity index is 2430. The van der Waals surface area contributed by atoms with Crippen molar-refractivity contribution in [1.82, 2.24) is 0 Å². The van der Waals surface area contributed by atoms with Crippen molar-refractivity contribution in [2.45, 2.75) is 0 Å². The van der Waals surface area contributed by atoms with Gasteiger partial charge in [-0.15, -0.1) is 0 Å². The zero-order valence-corrected chi connectivity index (χ0v) is 30.8. The highest BCUT2D eigenvalue weighted by Crippen LogP contribution is 2.34. The van der Waals surface area contributed by atoms with Crippen molar-refractivity contribution < 1.29 is 9.13 Å². The zero-order chi connectivity index (χ0) is 37.8. The monoisotopic (exact) mass is 720 g/mol. The minimum absolute atomic E-state index is 0.735. The van der Waals surface area contributed by atoms with Gasteiger partial charge in [-0.05, 0) is 95.1 Å². The second-order valence-electron chi connectivity index (χ2n) is 13.9. The molecule has 9 aromatic rings. The number of nitrogens with zero attached hydrogens (tertiary/aromatic N) is 2. The van der Waals surface area contributed by atoms with Crippen LogP contribution in [0.3, 0.4) is 0 Å². The third-order valence-electron chi connectivity index (χ3n) is 10.3. The fourth-order valence-electron chi connectivity index (χ4n) is 7.47. The number of anilines is 2. The van der Waals surface area contributed by atoms with E-state index in [1.807, 2.05) is 24.3 Å². The summed E-state index contributed by atoms with van der Waals surface area (Å²) >= 11 is 0. The number of pyridine rings is 2. The second-order valence-corrected chi connectivity index (χ2v) is 13.9. The van der Waals surface area contributed by atoms with Gasteiger partial charge in [0.2, 0.25) is 34.2 Å². The SMILES string of the molecule is Nc1ccc(-[n+]2c(-c3ccccc3)cc(-c3ccc(-c4cc(-c5ccccc5)[n+](-c5ccc(N)cc5)c(-c5ccccc5)c4)cc3)cc2-c2ccccc2)cc1. The van der Waals surface area contributed by atoms with Gasteiger partial charge in [-0.3, -0.25) is 0 Å². The quantitative estimate of drug-likeness (QED) is 0.121. The Morgan fingerprint density at radius 2 is 0.482 bits per heavy atom. The van der Waals surface area contributed by atoms with Crippen LogP contribution in [0.25, 0.3) is 78.7 Å². The van der Waals surface area contributed by atoms with Crippen LogP contribution < -0.4 is 20.6 Å². The molecule has 0 atom stereocenters. The van der Waals surface area contributed by atoms with Crippen LogP contribution in [-0.4, -0.2) is 0 Å². The van der Waals surface area contributed by atoms with Crippen LogP contribution >= 0.6 is 0 Å². The first kappa shape index (κ1) is 34.2. The third-order valence-corrected chi connectivity index (χ3v) is 10.3. The Balaban J connectivity index is 1.22. The number of aromatic nitrogens is 2. The van der Waals surface area contributed by atoms with E-state index in [0.29, 0.717) is 0 Å². The van der Waals surface area contributed by atoms with E-state index in [1.54, 1.807) is 0 Å². The first-order valence-electron chi connectivity index (χ1n) is 18.8. The predicted octanol–water partition coefficient (Wildman–Crippen LogP) is 11.4. The van der Waals surface area contributed by atoms with E-state index in [-0.39, 0.29) is 0 Å². The summed E-state index contributed by atoms with van der Waals surface area (Å²) in [5, 5.41) is 0. The molecule has 2 aromatic heterocycles. The molecule has 0 radical (unpaired) electrons. The standard InChI is InChI=1S/C52H39N4/c53-45-25-29-47(30-26-45)55-49(39-13-5-1-6-14-39)33-43(34-50(55)40-15-7-2-8-16-40)37-21-23-38(24-22-37)44-35-51(41-17-9-3-10-18-41)56(48-31-27-46(54)28-32-48)52(36-44)42-19-11-4-12-20-42/h1-36,53H,54H2/q+1/p+1. The minimum Gasteiger partial charge on any atom is -0.399 e. The normalized spacial score (nSPS) is 11.0. The molecule has 7 aromatic carbocycles. The van der Waals surface area contributed by atoms with Crippen LogP contribution in [0.15, 0.2) is 218 Å². The molecular weight excluding hydrogens is 681 g/mol. The van der Waals surface area contributed by atoms with Crippen molar-refractivity contribution in [3.8, 4) is 78.7 Å². The maximum atomic E-state index is 6.16. The van der Waals surface area contributed by atoms with Gasteiger partial charge in [0, 0.05) is 82.2 Å². The molecule has 0 saturated heterocycles. The van der Waals surface area contributed by atoms with Crippen LogP contribution in [0.4, 0.5) is 11.4 Å². The average molecular weight is 721 g/mol. The molecule has 0 unspecified atom stereocenters. The van der Waals surface area contributed by atoms with Crippen molar-refractivity contribution >= 4 is 11.4 Å². The lowest BCUT2D eigenvalue weighted by molar-refractivity contribution is -0.572. The Hall–Kier alpha value is -7.56. The van der Waals surface area contributed by atoms with Gasteiger partial charge in [0.15, 0.2) is 0 Å². The molecule has 4 heteroatoms. The second kappa shape index (κ2) is 15.1. The van der Waals surface area contributed by atoms with Crippen molar-refractivity contribution in [2.75, 3.05) is 11.5 Å². The molecule has 0 aliphatic carbocycles. The van der Waals surface area contributed by atoms with E-state index >= 15 is 0 Å². The van der Waals surface area contributed by atoms with Crippen molar-refractivity contribution in [2.24, 2.45) is 0 Å². The van der Waals surface area contributed by atoms with Gasteiger partial charge in [0.05, 0.1) is 0 Å². The summed E-state index contributed by atoms with van der Waals surface area (Å²) in [5.74, 6) is 0. The number of hydrogen-bond acceptors (Lipinski definition) is 2. The van der Waals surface area contributed by atoms with Gasteiger partial charge in [0.25, 0.3) is 0 Å². The Labute approximate surface area is 327 Å². The Morgan fingerprint density at radius 3 is 0.732 bits per heavy atom. The van der Waals surface area contributed by atoms with Gasteiger partial charge in [-0.1, -0.05) is 97.1 Å². The molecule has 2 heterocycles. The number of nitrogen functional groups attached to an aromatic ring is 2. The average Bonchev–Trinajstić information content (AvgIpc) is 3.27. The summed E-state index contributed by atoms with van der Waals surface area (Å²) in [4.78, 5) is 0. The highest BCUT2D eigenvalue weighted by atomic mass is 15.0. The molecule has 0 saturated carbocycles. The fourth-order valence-corrected chi connectivity index (χ4v) is 7.47. The molecule has 0 bridgehead atoms. The van der Waals surface area contributed by atoms with E-state index in [0.717, 1.165) is 90.0 Å². The largest absolute Gasteiger partial charge is 0.399 e. The molecule has 4 N–H and O–H groups in total.